The molecule has 1 aromatic carbocycles. The topological polar surface area (TPSA) is 39.1 Å². The van der Waals surface area contributed by atoms with Gasteiger partial charge >= 0.3 is 0 Å². The quantitative estimate of drug-likeness (QED) is 0.858. The minimum absolute atomic E-state index is 0.807. The molecule has 0 spiro atoms. The van der Waals surface area contributed by atoms with Gasteiger partial charge in [-0.3, -0.25) is 0 Å². The Balaban J connectivity index is 2.30. The van der Waals surface area contributed by atoms with Gasteiger partial charge in [-0.05, 0) is 19.1 Å². The SMILES string of the molecule is COc1ccccc1Nc1nc(C)cn1C. The smallest absolute Gasteiger partial charge is 0.207 e. The zero-order valence-corrected chi connectivity index (χ0v) is 9.69. The Hall–Kier alpha value is -1.97. The van der Waals surface area contributed by atoms with E-state index in [4.69, 9.17) is 4.74 Å². The number of methoxy groups -OCH3 is 1. The maximum atomic E-state index is 5.26. The molecule has 84 valence electrons. The van der Waals surface area contributed by atoms with Crippen molar-refractivity contribution in [2.45, 2.75) is 6.92 Å². The van der Waals surface area contributed by atoms with Crippen LogP contribution in [0.3, 0.4) is 0 Å². The van der Waals surface area contributed by atoms with Crippen LogP contribution < -0.4 is 10.1 Å². The number of hydrogen-bond donors (Lipinski definition) is 1. The van der Waals surface area contributed by atoms with Gasteiger partial charge in [0.15, 0.2) is 0 Å². The molecule has 0 unspecified atom stereocenters. The second-order valence-corrected chi connectivity index (χ2v) is 3.64. The zero-order valence-electron chi connectivity index (χ0n) is 9.69. The standard InChI is InChI=1S/C12H15N3O/c1-9-8-15(2)12(13-9)14-10-6-4-5-7-11(10)16-3/h4-8H,1-3H3,(H,13,14). The molecule has 16 heavy (non-hydrogen) atoms. The van der Waals surface area contributed by atoms with Gasteiger partial charge in [-0.2, -0.15) is 0 Å². The van der Waals surface area contributed by atoms with Crippen LogP contribution in [0.2, 0.25) is 0 Å². The van der Waals surface area contributed by atoms with Crippen molar-refractivity contribution in [3.63, 3.8) is 0 Å². The third kappa shape index (κ3) is 2.00. The highest BCUT2D eigenvalue weighted by Gasteiger charge is 2.05. The Morgan fingerprint density at radius 2 is 2.06 bits per heavy atom. The fraction of sp³-hybridized carbons (Fsp3) is 0.250. The third-order valence-corrected chi connectivity index (χ3v) is 2.35. The number of nitrogens with one attached hydrogen (secondary N) is 1. The van der Waals surface area contributed by atoms with Crippen molar-refractivity contribution in [3.8, 4) is 5.75 Å². The van der Waals surface area contributed by atoms with Crippen molar-refractivity contribution in [1.82, 2.24) is 9.55 Å². The lowest BCUT2D eigenvalue weighted by molar-refractivity contribution is 0.417. The van der Waals surface area contributed by atoms with E-state index in [1.807, 2.05) is 49.0 Å². The zero-order chi connectivity index (χ0) is 11.5. The van der Waals surface area contributed by atoms with Crippen molar-refractivity contribution in [3.05, 3.63) is 36.2 Å². The lowest BCUT2D eigenvalue weighted by atomic mass is 10.3. The second-order valence-electron chi connectivity index (χ2n) is 3.64. The number of ether oxygens (including phenoxy) is 1. The Morgan fingerprint density at radius 1 is 1.31 bits per heavy atom. The van der Waals surface area contributed by atoms with E-state index in [0.29, 0.717) is 0 Å². The number of anilines is 2. The van der Waals surface area contributed by atoms with Gasteiger partial charge in [0.05, 0.1) is 18.5 Å². The second kappa shape index (κ2) is 4.26. The molecule has 0 bridgehead atoms. The van der Waals surface area contributed by atoms with Crippen LogP contribution in [-0.2, 0) is 7.05 Å². The summed E-state index contributed by atoms with van der Waals surface area (Å²) in [5.41, 5.74) is 1.90. The molecular formula is C12H15N3O. The van der Waals surface area contributed by atoms with Gasteiger partial charge in [0, 0.05) is 13.2 Å². The molecule has 1 heterocycles. The summed E-state index contributed by atoms with van der Waals surface area (Å²) in [5, 5.41) is 3.24. The molecule has 4 heteroatoms. The molecule has 0 aliphatic rings. The highest BCUT2D eigenvalue weighted by molar-refractivity contribution is 5.62. The molecule has 0 saturated carbocycles. The van der Waals surface area contributed by atoms with E-state index >= 15 is 0 Å². The van der Waals surface area contributed by atoms with Crippen molar-refractivity contribution in [2.24, 2.45) is 7.05 Å². The number of rotatable bonds is 3. The number of aromatic nitrogens is 2. The molecule has 1 aromatic heterocycles. The number of hydrogen-bond acceptors (Lipinski definition) is 3. The predicted octanol–water partition coefficient (Wildman–Crippen LogP) is 2.48. The van der Waals surface area contributed by atoms with Crippen LogP contribution in [0.1, 0.15) is 5.69 Å². The van der Waals surface area contributed by atoms with Crippen molar-refractivity contribution < 1.29 is 4.74 Å². The Kier molecular flexibility index (Phi) is 2.81. The molecule has 0 fully saturated rings. The third-order valence-electron chi connectivity index (χ3n) is 2.35. The van der Waals surface area contributed by atoms with Gasteiger partial charge < -0.3 is 14.6 Å². The lowest BCUT2D eigenvalue weighted by Gasteiger charge is -2.09. The number of nitrogens with zero attached hydrogens (tertiary/aromatic N) is 2. The maximum absolute atomic E-state index is 5.26. The average molecular weight is 217 g/mol. The van der Waals surface area contributed by atoms with Gasteiger partial charge in [-0.25, -0.2) is 4.98 Å². The molecule has 0 aliphatic heterocycles. The first kappa shape index (κ1) is 10.5. The minimum Gasteiger partial charge on any atom is -0.495 e. The molecule has 0 saturated heterocycles. The van der Waals surface area contributed by atoms with Gasteiger partial charge in [0.2, 0.25) is 5.95 Å². The van der Waals surface area contributed by atoms with E-state index in [1.165, 1.54) is 0 Å². The van der Waals surface area contributed by atoms with Crippen molar-refractivity contribution in [1.29, 1.82) is 0 Å². The van der Waals surface area contributed by atoms with Gasteiger partial charge in [0.25, 0.3) is 0 Å². The van der Waals surface area contributed by atoms with Crippen LogP contribution in [-0.4, -0.2) is 16.7 Å². The summed E-state index contributed by atoms with van der Waals surface area (Å²) in [7, 11) is 3.61. The van der Waals surface area contributed by atoms with Crippen molar-refractivity contribution >= 4 is 11.6 Å². The summed E-state index contributed by atoms with van der Waals surface area (Å²) in [6.07, 6.45) is 1.97. The molecular weight excluding hydrogens is 202 g/mol. The van der Waals surface area contributed by atoms with E-state index in [9.17, 15) is 0 Å². The van der Waals surface area contributed by atoms with Crippen LogP contribution in [0.15, 0.2) is 30.5 Å². The molecule has 2 rings (SSSR count). The van der Waals surface area contributed by atoms with Crippen LogP contribution in [0, 0.1) is 6.92 Å². The van der Waals surface area contributed by atoms with Crippen LogP contribution in [0.5, 0.6) is 5.75 Å². The summed E-state index contributed by atoms with van der Waals surface area (Å²) in [5.74, 6) is 1.62. The van der Waals surface area contributed by atoms with E-state index in [0.717, 1.165) is 23.1 Å². The molecule has 2 aromatic rings. The molecule has 0 amide bonds. The largest absolute Gasteiger partial charge is 0.495 e. The summed E-state index contributed by atoms with van der Waals surface area (Å²) in [6.45, 7) is 1.97. The molecule has 4 nitrogen and oxygen atoms in total. The number of imidazole rings is 1. The Morgan fingerprint density at radius 3 is 2.69 bits per heavy atom. The summed E-state index contributed by atoms with van der Waals surface area (Å²) in [6, 6.07) is 7.77. The first-order valence-corrected chi connectivity index (χ1v) is 5.10. The summed E-state index contributed by atoms with van der Waals surface area (Å²) < 4.78 is 7.21. The highest BCUT2D eigenvalue weighted by Crippen LogP contribution is 2.26. The minimum atomic E-state index is 0.807. The van der Waals surface area contributed by atoms with E-state index in [-0.39, 0.29) is 0 Å². The number of benzene rings is 1. The summed E-state index contributed by atoms with van der Waals surface area (Å²) in [4.78, 5) is 4.38. The fourth-order valence-corrected chi connectivity index (χ4v) is 1.60. The van der Waals surface area contributed by atoms with Gasteiger partial charge in [-0.1, -0.05) is 12.1 Å². The van der Waals surface area contributed by atoms with E-state index in [1.54, 1.807) is 7.11 Å². The fourth-order valence-electron chi connectivity index (χ4n) is 1.60. The van der Waals surface area contributed by atoms with E-state index in [2.05, 4.69) is 10.3 Å². The van der Waals surface area contributed by atoms with Crippen LogP contribution in [0.25, 0.3) is 0 Å². The van der Waals surface area contributed by atoms with Crippen LogP contribution >= 0.6 is 0 Å². The number of aryl methyl sites for hydroxylation is 2. The van der Waals surface area contributed by atoms with Crippen LogP contribution in [0.4, 0.5) is 11.6 Å². The average Bonchev–Trinajstić information content (AvgIpc) is 2.58. The normalized spacial score (nSPS) is 10.2. The lowest BCUT2D eigenvalue weighted by Crippen LogP contribution is -2.00. The van der Waals surface area contributed by atoms with Gasteiger partial charge in [-0.15, -0.1) is 0 Å². The monoisotopic (exact) mass is 217 g/mol. The number of para-hydroxylation sites is 2. The van der Waals surface area contributed by atoms with Crippen molar-refractivity contribution in [2.75, 3.05) is 12.4 Å². The molecule has 1 N–H and O–H groups in total. The maximum Gasteiger partial charge on any atom is 0.207 e. The molecule has 0 aliphatic carbocycles. The highest BCUT2D eigenvalue weighted by atomic mass is 16.5. The first-order chi connectivity index (χ1) is 7.70. The van der Waals surface area contributed by atoms with E-state index < -0.39 is 0 Å². The Bertz CT molecular complexity index is 491. The summed E-state index contributed by atoms with van der Waals surface area (Å²) >= 11 is 0. The molecule has 0 radical (unpaired) electrons. The first-order valence-electron chi connectivity index (χ1n) is 5.10. The Labute approximate surface area is 94.9 Å². The molecule has 0 atom stereocenters. The van der Waals surface area contributed by atoms with Gasteiger partial charge in [0.1, 0.15) is 5.75 Å². The predicted molar refractivity (Wildman–Crippen MR) is 64.2 cm³/mol.